The fourth-order valence-electron chi connectivity index (χ4n) is 3.10. The van der Waals surface area contributed by atoms with Crippen molar-refractivity contribution in [3.63, 3.8) is 0 Å². The van der Waals surface area contributed by atoms with E-state index in [9.17, 15) is 9.46 Å². The highest BCUT2D eigenvalue weighted by molar-refractivity contribution is 7.61. The van der Waals surface area contributed by atoms with E-state index in [-0.39, 0.29) is 6.10 Å². The molecule has 0 aliphatic heterocycles. The van der Waals surface area contributed by atoms with E-state index in [1.807, 2.05) is 6.07 Å². The predicted molar refractivity (Wildman–Crippen MR) is 82.1 cm³/mol. The van der Waals surface area contributed by atoms with E-state index >= 15 is 0 Å². The Balaban J connectivity index is 2.15. The van der Waals surface area contributed by atoms with Crippen molar-refractivity contribution in [2.45, 2.75) is 46.1 Å². The summed E-state index contributed by atoms with van der Waals surface area (Å²) < 4.78 is 18.2. The molecule has 0 aromatic heterocycles. The van der Waals surface area contributed by atoms with Crippen molar-refractivity contribution in [1.29, 1.82) is 0 Å². The van der Waals surface area contributed by atoms with Gasteiger partial charge >= 0.3 is 7.60 Å². The first-order valence-corrected chi connectivity index (χ1v) is 9.04. The third-order valence-corrected chi connectivity index (χ3v) is 5.83. The average molecular weight is 296 g/mol. The maximum atomic E-state index is 12.5. The van der Waals surface area contributed by atoms with E-state index in [1.54, 1.807) is 24.3 Å². The van der Waals surface area contributed by atoms with Crippen molar-refractivity contribution in [2.75, 3.05) is 0 Å². The van der Waals surface area contributed by atoms with Gasteiger partial charge in [-0.3, -0.25) is 4.57 Å². The van der Waals surface area contributed by atoms with Crippen LogP contribution in [0.2, 0.25) is 0 Å². The minimum atomic E-state index is -3.72. The molecule has 1 N–H and O–H groups in total. The Labute approximate surface area is 121 Å². The molecule has 112 valence electrons. The first-order chi connectivity index (χ1) is 9.40. The smallest absolute Gasteiger partial charge is 0.321 e. The standard InChI is InChI=1S/C16H25O3P/c1-12(2)15-10-9-13(3)11-16(15)19-20(17,18)14-7-5-4-6-8-14/h4-8,12-13,15-16H,9-11H2,1-3H3,(H,17,18). The van der Waals surface area contributed by atoms with Crippen LogP contribution >= 0.6 is 7.60 Å². The minimum Gasteiger partial charge on any atom is -0.321 e. The molecule has 1 aliphatic carbocycles. The van der Waals surface area contributed by atoms with Crippen LogP contribution in [0.1, 0.15) is 40.0 Å². The Bertz CT molecular complexity index is 472. The number of benzene rings is 1. The van der Waals surface area contributed by atoms with Gasteiger partial charge in [0.15, 0.2) is 0 Å². The molecule has 1 aliphatic rings. The lowest BCUT2D eigenvalue weighted by atomic mass is 9.75. The number of rotatable bonds is 4. The largest absolute Gasteiger partial charge is 0.359 e. The van der Waals surface area contributed by atoms with Crippen molar-refractivity contribution in [3.05, 3.63) is 30.3 Å². The van der Waals surface area contributed by atoms with E-state index in [0.29, 0.717) is 23.1 Å². The van der Waals surface area contributed by atoms with Crippen LogP contribution in [0, 0.1) is 17.8 Å². The molecule has 0 saturated heterocycles. The molecular weight excluding hydrogens is 271 g/mol. The molecule has 0 bridgehead atoms. The van der Waals surface area contributed by atoms with Gasteiger partial charge < -0.3 is 9.42 Å². The lowest BCUT2D eigenvalue weighted by molar-refractivity contribution is 0.0402. The van der Waals surface area contributed by atoms with Crippen molar-refractivity contribution < 1.29 is 14.0 Å². The fourth-order valence-corrected chi connectivity index (χ4v) is 4.38. The van der Waals surface area contributed by atoms with E-state index in [4.69, 9.17) is 4.52 Å². The Morgan fingerprint density at radius 2 is 1.90 bits per heavy atom. The van der Waals surface area contributed by atoms with E-state index in [1.165, 1.54) is 6.42 Å². The second kappa shape index (κ2) is 6.43. The molecule has 1 aromatic carbocycles. The molecule has 3 nitrogen and oxygen atoms in total. The Morgan fingerprint density at radius 1 is 1.25 bits per heavy atom. The zero-order valence-corrected chi connectivity index (χ0v) is 13.4. The first kappa shape index (κ1) is 15.8. The van der Waals surface area contributed by atoms with Gasteiger partial charge in [0.25, 0.3) is 0 Å². The summed E-state index contributed by atoms with van der Waals surface area (Å²) in [6, 6.07) is 8.70. The third kappa shape index (κ3) is 3.72. The molecule has 1 saturated carbocycles. The normalized spacial score (nSPS) is 30.1. The molecule has 0 spiro atoms. The highest BCUT2D eigenvalue weighted by Gasteiger charge is 2.36. The van der Waals surface area contributed by atoms with Crippen LogP contribution in [0.4, 0.5) is 0 Å². The van der Waals surface area contributed by atoms with Crippen LogP contribution in [0.5, 0.6) is 0 Å². The van der Waals surface area contributed by atoms with Gasteiger partial charge in [0.2, 0.25) is 0 Å². The maximum absolute atomic E-state index is 12.5. The van der Waals surface area contributed by atoms with Crippen molar-refractivity contribution in [2.24, 2.45) is 17.8 Å². The van der Waals surface area contributed by atoms with Crippen molar-refractivity contribution in [1.82, 2.24) is 0 Å². The SMILES string of the molecule is CC1CCC(C(C)C)C(OP(=O)(O)c2ccccc2)C1. The summed E-state index contributed by atoms with van der Waals surface area (Å²) in [5.74, 6) is 1.41. The van der Waals surface area contributed by atoms with Crippen molar-refractivity contribution in [3.8, 4) is 0 Å². The molecule has 1 aromatic rings. The summed E-state index contributed by atoms with van der Waals surface area (Å²) in [5.41, 5.74) is 0. The van der Waals surface area contributed by atoms with Gasteiger partial charge in [0.1, 0.15) is 0 Å². The van der Waals surface area contributed by atoms with Crippen LogP contribution in [-0.4, -0.2) is 11.0 Å². The second-order valence-corrected chi connectivity index (χ2v) is 8.09. The summed E-state index contributed by atoms with van der Waals surface area (Å²) in [6.07, 6.45) is 3.03. The summed E-state index contributed by atoms with van der Waals surface area (Å²) in [4.78, 5) is 10.3. The molecule has 0 heterocycles. The quantitative estimate of drug-likeness (QED) is 0.855. The third-order valence-electron chi connectivity index (χ3n) is 4.32. The number of hydrogen-bond donors (Lipinski definition) is 1. The molecule has 1 fully saturated rings. The fraction of sp³-hybridized carbons (Fsp3) is 0.625. The zero-order valence-electron chi connectivity index (χ0n) is 12.5. The molecule has 20 heavy (non-hydrogen) atoms. The molecule has 4 atom stereocenters. The van der Waals surface area contributed by atoms with Gasteiger partial charge in [-0.25, -0.2) is 0 Å². The van der Waals surface area contributed by atoms with E-state index in [0.717, 1.165) is 12.8 Å². The monoisotopic (exact) mass is 296 g/mol. The second-order valence-electron chi connectivity index (χ2n) is 6.33. The van der Waals surface area contributed by atoms with Gasteiger partial charge in [-0.1, -0.05) is 45.4 Å². The molecule has 4 heteroatoms. The Morgan fingerprint density at radius 3 is 2.50 bits per heavy atom. The molecular formula is C16H25O3P. The van der Waals surface area contributed by atoms with Gasteiger partial charge in [0.05, 0.1) is 11.4 Å². The van der Waals surface area contributed by atoms with Crippen LogP contribution in [0.3, 0.4) is 0 Å². The van der Waals surface area contributed by atoms with Gasteiger partial charge in [-0.05, 0) is 42.7 Å². The van der Waals surface area contributed by atoms with Gasteiger partial charge in [-0.15, -0.1) is 0 Å². The van der Waals surface area contributed by atoms with Crippen LogP contribution in [-0.2, 0) is 9.09 Å². The highest BCUT2D eigenvalue weighted by Crippen LogP contribution is 2.47. The van der Waals surface area contributed by atoms with Gasteiger partial charge in [-0.2, -0.15) is 0 Å². The summed E-state index contributed by atoms with van der Waals surface area (Å²) in [6.45, 7) is 6.53. The molecule has 0 radical (unpaired) electrons. The minimum absolute atomic E-state index is 0.116. The topological polar surface area (TPSA) is 46.5 Å². The first-order valence-electron chi connectivity index (χ1n) is 7.47. The van der Waals surface area contributed by atoms with E-state index < -0.39 is 7.60 Å². The summed E-state index contributed by atoms with van der Waals surface area (Å²) in [7, 11) is -3.72. The van der Waals surface area contributed by atoms with Crippen LogP contribution < -0.4 is 5.30 Å². The molecule has 4 unspecified atom stereocenters. The highest BCUT2D eigenvalue weighted by atomic mass is 31.2. The van der Waals surface area contributed by atoms with Crippen LogP contribution in [0.25, 0.3) is 0 Å². The summed E-state index contributed by atoms with van der Waals surface area (Å²) in [5, 5.41) is 0.390. The van der Waals surface area contributed by atoms with Gasteiger partial charge in [0, 0.05) is 0 Å². The van der Waals surface area contributed by atoms with Crippen molar-refractivity contribution >= 4 is 12.9 Å². The van der Waals surface area contributed by atoms with Crippen LogP contribution in [0.15, 0.2) is 30.3 Å². The maximum Gasteiger partial charge on any atom is 0.359 e. The summed E-state index contributed by atoms with van der Waals surface area (Å²) >= 11 is 0. The number of hydrogen-bond acceptors (Lipinski definition) is 2. The molecule has 2 rings (SSSR count). The lowest BCUT2D eigenvalue weighted by Gasteiger charge is -2.37. The Kier molecular flexibility index (Phi) is 5.06. The Hall–Kier alpha value is -0.630. The average Bonchev–Trinajstić information content (AvgIpc) is 2.39. The zero-order chi connectivity index (χ0) is 14.8. The molecule has 0 amide bonds. The van der Waals surface area contributed by atoms with E-state index in [2.05, 4.69) is 20.8 Å². The lowest BCUT2D eigenvalue weighted by Crippen LogP contribution is -2.34. The predicted octanol–water partition coefficient (Wildman–Crippen LogP) is 3.97.